The second kappa shape index (κ2) is 37.9. The van der Waals surface area contributed by atoms with Crippen LogP contribution in [-0.4, -0.2) is 215 Å². The summed E-state index contributed by atoms with van der Waals surface area (Å²) in [5.41, 5.74) is 18.5. The summed E-state index contributed by atoms with van der Waals surface area (Å²) in [6.45, 7) is 18.3. The summed E-state index contributed by atoms with van der Waals surface area (Å²) in [4.78, 5) is 101. The number of fused-ring (bicyclic) bond motifs is 8. The fourth-order valence-corrected chi connectivity index (χ4v) is 18.3. The molecule has 22 rings (SSSR count). The molecule has 0 saturated carbocycles. The zero-order valence-electron chi connectivity index (χ0n) is 75.4. The molecule has 678 valence electrons. The van der Waals surface area contributed by atoms with Crippen LogP contribution in [0.1, 0.15) is 159 Å². The van der Waals surface area contributed by atoms with Crippen LogP contribution < -0.4 is 47.9 Å². The van der Waals surface area contributed by atoms with Gasteiger partial charge in [-0.2, -0.15) is 60.3 Å². The highest BCUT2D eigenvalue weighted by Crippen LogP contribution is 2.41. The van der Waals surface area contributed by atoms with Gasteiger partial charge in [0.15, 0.2) is 11.5 Å². The standard InChI is InChI=1S/C27H33N9O.C26H31N9O.C22H24N8O.C20H22N8/c1-17-23(16-29-36(17)18(2)26(37)35-14-12-34(3)13-15-35)31-27-32-24-21(10-11-28-24)25(33-27)30-22-9-8-19-6-4-5-7-20(19)22;1-17(25(36)34-13-11-33(2)12-14-34)35-16-19(15-28-35)29-26-31-23-21(9-10-27-23)24(32-26)30-22-8-7-18-5-3-4-6-20(18)22;1-13(21(31)23-2)30-12-15(11-25-30)26-22-28-19-17(9-10-24-19)20(29-22)27-18-8-7-14-5-3-4-6-16(14)18;1-12(2)28-10-14(9-23-28)24-20-26-18-17(21-11-22-18)19(27-20)25-16-8-7-13-5-3-4-6-15(13)16/h4-7,10-11,16,18,22H,8-9,12-15H2,1-3H3,(H3,28,30,31,32,33);3-6,9-10,15-17,22H,7-8,11-14H2,1-2H3,(H3,27,29,30,31,32);3-6,9-13,18H,7-8H2,1-2H3,(H,23,31)(H3,24,26,27,28,29);3-6,9-12,16H,7-8H2,1-2H3,(H3,21,22,24,25,26,27)/t18?,22-;17?,22-;13?,18-;16-/m0000/s1. The molecule has 14 heterocycles. The molecule has 0 spiro atoms. The van der Waals surface area contributed by atoms with E-state index >= 15 is 0 Å². The number of rotatable bonds is 23. The smallest absolute Gasteiger partial charge is 0.247 e. The molecule has 12 aromatic heterocycles. The molecular weight excluding hydrogens is 1670 g/mol. The Morgan fingerprint density at radius 2 is 0.773 bits per heavy atom. The van der Waals surface area contributed by atoms with Crippen molar-refractivity contribution < 1.29 is 14.4 Å². The van der Waals surface area contributed by atoms with Gasteiger partial charge < -0.3 is 87.4 Å². The molecule has 4 aromatic carbocycles. The van der Waals surface area contributed by atoms with Gasteiger partial charge >= 0.3 is 0 Å². The van der Waals surface area contributed by atoms with Crippen LogP contribution in [0.25, 0.3) is 44.3 Å². The lowest BCUT2D eigenvalue weighted by Gasteiger charge is -2.34. The molecule has 2 fully saturated rings. The van der Waals surface area contributed by atoms with E-state index in [4.69, 9.17) is 19.9 Å². The number of benzene rings is 4. The molecule has 3 unspecified atom stereocenters. The van der Waals surface area contributed by atoms with Gasteiger partial charge in [-0.25, -0.2) is 4.98 Å². The van der Waals surface area contributed by atoms with Gasteiger partial charge in [-0.1, -0.05) is 97.1 Å². The Bertz CT molecular complexity index is 6790. The fraction of sp³-hybridized carbons (Fsp3) is 0.347. The predicted molar refractivity (Wildman–Crippen MR) is 511 cm³/mol. The van der Waals surface area contributed by atoms with E-state index in [0.29, 0.717) is 41.2 Å². The number of amides is 3. The molecule has 2 saturated heterocycles. The summed E-state index contributed by atoms with van der Waals surface area (Å²) >= 11 is 0. The lowest BCUT2D eigenvalue weighted by atomic mass is 10.1. The maximum Gasteiger partial charge on any atom is 0.247 e. The Labute approximate surface area is 762 Å². The molecule has 6 aliphatic rings. The van der Waals surface area contributed by atoms with Crippen LogP contribution in [0.15, 0.2) is 184 Å². The molecule has 7 atom stereocenters. The van der Waals surface area contributed by atoms with Crippen molar-refractivity contribution in [1.82, 2.24) is 129 Å². The topological polar surface area (TPSA) is 423 Å². The van der Waals surface area contributed by atoms with E-state index in [1.165, 1.54) is 44.5 Å². The van der Waals surface area contributed by atoms with Gasteiger partial charge in [-0.05, 0) is 170 Å². The van der Waals surface area contributed by atoms with Crippen LogP contribution in [-0.2, 0) is 40.1 Å². The van der Waals surface area contributed by atoms with E-state index in [9.17, 15) is 14.4 Å². The molecule has 3 amide bonds. The van der Waals surface area contributed by atoms with Crippen molar-refractivity contribution in [2.75, 3.05) is 116 Å². The number of carbonyl (C=O) groups is 3. The number of aromatic amines is 4. The zero-order valence-corrected chi connectivity index (χ0v) is 75.4. The van der Waals surface area contributed by atoms with Crippen molar-refractivity contribution in [3.8, 4) is 0 Å². The molecule has 0 bridgehead atoms. The molecule has 13 N–H and O–H groups in total. The minimum absolute atomic E-state index is 0.0881. The van der Waals surface area contributed by atoms with E-state index in [1.807, 2.05) is 84.4 Å². The number of carbonyl (C=O) groups excluding carboxylic acids is 3. The van der Waals surface area contributed by atoms with Crippen LogP contribution in [0, 0.1) is 6.92 Å². The summed E-state index contributed by atoms with van der Waals surface area (Å²) < 4.78 is 6.97. The number of nitrogens with one attached hydrogen (secondary N) is 13. The van der Waals surface area contributed by atoms with Crippen molar-refractivity contribution >= 4 is 132 Å². The molecule has 37 heteroatoms. The van der Waals surface area contributed by atoms with Crippen molar-refractivity contribution in [3.05, 3.63) is 234 Å². The molecule has 4 aliphatic carbocycles. The Hall–Kier alpha value is -15.1. The van der Waals surface area contributed by atoms with Gasteiger partial charge in [0.25, 0.3) is 0 Å². The predicted octanol–water partition coefficient (Wildman–Crippen LogP) is 14.3. The molecule has 2 aliphatic heterocycles. The third-order valence-electron chi connectivity index (χ3n) is 25.8. The number of aromatic nitrogens is 21. The first kappa shape index (κ1) is 86.3. The van der Waals surface area contributed by atoms with E-state index in [-0.39, 0.29) is 54.0 Å². The normalized spacial score (nSPS) is 17.5. The Kier molecular flexibility index (Phi) is 24.8. The average molecular weight is 1780 g/mol. The summed E-state index contributed by atoms with van der Waals surface area (Å²) in [7, 11) is 5.77. The van der Waals surface area contributed by atoms with Gasteiger partial charge in [0.2, 0.25) is 41.5 Å². The van der Waals surface area contributed by atoms with Gasteiger partial charge in [0.05, 0.1) is 99.9 Å². The maximum atomic E-state index is 13.1. The van der Waals surface area contributed by atoms with E-state index in [0.717, 1.165) is 188 Å². The first-order chi connectivity index (χ1) is 64.3. The van der Waals surface area contributed by atoms with Gasteiger partial charge in [0.1, 0.15) is 58.0 Å². The first-order valence-corrected chi connectivity index (χ1v) is 45.4. The Morgan fingerprint density at radius 3 is 1.19 bits per heavy atom. The minimum Gasteiger partial charge on any atom is -0.363 e. The van der Waals surface area contributed by atoms with Crippen molar-refractivity contribution in [2.24, 2.45) is 0 Å². The molecule has 37 nitrogen and oxygen atoms in total. The number of likely N-dealkylation sites (N-methyl/N-ethyl adjacent to an activating group) is 3. The molecule has 0 radical (unpaired) electrons. The highest BCUT2D eigenvalue weighted by atomic mass is 16.2. The molecular formula is C95H110N34O3. The lowest BCUT2D eigenvalue weighted by Crippen LogP contribution is -2.49. The number of anilines is 12. The summed E-state index contributed by atoms with van der Waals surface area (Å²) in [5, 5.41) is 50.7. The number of nitrogens with zero attached hydrogens (tertiary/aromatic N) is 21. The highest BCUT2D eigenvalue weighted by Gasteiger charge is 2.33. The summed E-state index contributed by atoms with van der Waals surface area (Å²) in [5.74, 6) is 5.08. The van der Waals surface area contributed by atoms with Gasteiger partial charge in [0, 0.05) is 103 Å². The third kappa shape index (κ3) is 18.6. The quantitative estimate of drug-likeness (QED) is 0.0283. The first-order valence-electron chi connectivity index (χ1n) is 45.4. The van der Waals surface area contributed by atoms with E-state index in [2.05, 4.69) is 248 Å². The number of aryl methyl sites for hydroxylation is 4. The number of piperazine rings is 2. The number of H-pyrrole nitrogens is 4. The minimum atomic E-state index is -0.410. The number of hydrogen-bond acceptors (Lipinski definition) is 26. The largest absolute Gasteiger partial charge is 0.363 e. The summed E-state index contributed by atoms with van der Waals surface area (Å²) in [6.07, 6.45) is 28.1. The second-order valence-corrected chi connectivity index (χ2v) is 34.9. The van der Waals surface area contributed by atoms with Crippen LogP contribution in [0.3, 0.4) is 0 Å². The van der Waals surface area contributed by atoms with Crippen molar-refractivity contribution in [3.63, 3.8) is 0 Å². The van der Waals surface area contributed by atoms with Crippen molar-refractivity contribution in [1.29, 1.82) is 0 Å². The second-order valence-electron chi connectivity index (χ2n) is 34.9. The molecule has 16 aromatic rings. The Balaban J connectivity index is 0.000000114. The van der Waals surface area contributed by atoms with E-state index < -0.39 is 6.04 Å². The summed E-state index contributed by atoms with van der Waals surface area (Å²) in [6, 6.07) is 40.2. The SMILES string of the molecule is CC(C(=O)N1CCN(C)CC1)n1cc(Nc2nc(N[C@H]3CCc4ccccc43)c3cc[nH]c3n2)cn1.CC(C)n1cc(Nc2nc(N[C@H]3CCc4ccccc43)c3[nH]cnc3n2)cn1.CNC(=O)C(C)n1cc(Nc2nc(N[C@H]3CCc4ccccc43)c3cc[nH]c3n2)cn1.Cc1c(Nc2nc(N[C@H]3CCc4ccccc43)c3cc[nH]c3n2)cnn1C(C)C(=O)N1CCN(C)CC1. The van der Waals surface area contributed by atoms with Crippen molar-refractivity contribution in [2.45, 2.75) is 141 Å². The maximum absolute atomic E-state index is 13.1. The van der Waals surface area contributed by atoms with Crippen LogP contribution in [0.2, 0.25) is 0 Å². The average Bonchev–Trinajstić information content (AvgIpc) is 1.64. The third-order valence-corrected chi connectivity index (χ3v) is 25.8. The van der Waals surface area contributed by atoms with Crippen LogP contribution in [0.5, 0.6) is 0 Å². The van der Waals surface area contributed by atoms with E-state index in [1.54, 1.807) is 65.3 Å². The van der Waals surface area contributed by atoms with Crippen LogP contribution >= 0.6 is 0 Å². The van der Waals surface area contributed by atoms with Gasteiger partial charge in [-0.3, -0.25) is 33.1 Å². The van der Waals surface area contributed by atoms with Gasteiger partial charge in [-0.15, -0.1) is 0 Å². The lowest BCUT2D eigenvalue weighted by molar-refractivity contribution is -0.136. The zero-order chi connectivity index (χ0) is 90.6. The number of hydrogen-bond donors (Lipinski definition) is 13. The number of imidazole rings is 1. The monoisotopic (exact) mass is 1770 g/mol. The highest BCUT2D eigenvalue weighted by molar-refractivity contribution is 5.92. The fourth-order valence-electron chi connectivity index (χ4n) is 18.3. The molecule has 132 heavy (non-hydrogen) atoms. The Morgan fingerprint density at radius 1 is 0.402 bits per heavy atom. The van der Waals surface area contributed by atoms with Crippen LogP contribution in [0.4, 0.5) is 69.8 Å².